The van der Waals surface area contributed by atoms with Gasteiger partial charge in [0, 0.05) is 24.3 Å². The molecule has 2 N–H and O–H groups in total. The molecule has 29 heavy (non-hydrogen) atoms. The highest BCUT2D eigenvalue weighted by Crippen LogP contribution is 2.26. The second-order valence-corrected chi connectivity index (χ2v) is 8.28. The first-order valence-corrected chi connectivity index (χ1v) is 10.7. The number of H-pyrrole nitrogens is 1. The molecule has 1 atom stereocenters. The van der Waals surface area contributed by atoms with Gasteiger partial charge in [0.2, 0.25) is 10.0 Å². The lowest BCUT2D eigenvalue weighted by atomic mass is 10.2. The van der Waals surface area contributed by atoms with Gasteiger partial charge in [0.25, 0.3) is 0 Å². The second-order valence-electron chi connectivity index (χ2n) is 6.57. The van der Waals surface area contributed by atoms with E-state index in [4.69, 9.17) is 4.74 Å². The molecule has 9 heteroatoms. The smallest absolute Gasteiger partial charge is 0.322 e. The van der Waals surface area contributed by atoms with E-state index in [-0.39, 0.29) is 4.90 Å². The molecule has 0 fully saturated rings. The maximum atomic E-state index is 12.6. The number of sulfonamides is 1. The third kappa shape index (κ3) is 3.87. The van der Waals surface area contributed by atoms with Crippen molar-refractivity contribution < 1.29 is 13.2 Å². The maximum absolute atomic E-state index is 12.6. The van der Waals surface area contributed by atoms with Crippen LogP contribution in [0.3, 0.4) is 0 Å². The summed E-state index contributed by atoms with van der Waals surface area (Å²) in [7, 11) is -3.68. The van der Waals surface area contributed by atoms with Crippen molar-refractivity contribution in [3.63, 3.8) is 0 Å². The van der Waals surface area contributed by atoms with Crippen LogP contribution in [0.2, 0.25) is 0 Å². The fraction of sp³-hybridized carbons (Fsp3) is 0.200. The molecule has 8 nitrogen and oxygen atoms in total. The van der Waals surface area contributed by atoms with E-state index in [0.717, 1.165) is 10.9 Å². The number of fused-ring (bicyclic) bond motifs is 1. The molecule has 0 aliphatic carbocycles. The van der Waals surface area contributed by atoms with Crippen LogP contribution < -0.4 is 9.46 Å². The van der Waals surface area contributed by atoms with E-state index in [1.165, 1.54) is 0 Å². The largest absolute Gasteiger partial charge is 0.424 e. The Balaban J connectivity index is 1.58. The second kappa shape index (κ2) is 7.69. The van der Waals surface area contributed by atoms with E-state index in [9.17, 15) is 8.42 Å². The Morgan fingerprint density at radius 3 is 2.69 bits per heavy atom. The molecule has 0 radical (unpaired) electrons. The quantitative estimate of drug-likeness (QED) is 0.484. The van der Waals surface area contributed by atoms with Gasteiger partial charge in [0.15, 0.2) is 5.82 Å². The zero-order valence-electron chi connectivity index (χ0n) is 16.0. The fourth-order valence-electron chi connectivity index (χ4n) is 3.14. The Hall–Kier alpha value is -3.17. The average Bonchev–Trinajstić information content (AvgIpc) is 3.34. The van der Waals surface area contributed by atoms with Gasteiger partial charge in [0.05, 0.1) is 10.9 Å². The minimum Gasteiger partial charge on any atom is -0.424 e. The molecule has 2 heterocycles. The van der Waals surface area contributed by atoms with Crippen LogP contribution in [0.5, 0.6) is 11.8 Å². The van der Waals surface area contributed by atoms with E-state index in [1.54, 1.807) is 41.8 Å². The topological polar surface area (TPSA) is 102 Å². The van der Waals surface area contributed by atoms with Gasteiger partial charge in [-0.3, -0.25) is 4.57 Å². The monoisotopic (exact) mass is 411 g/mol. The van der Waals surface area contributed by atoms with Gasteiger partial charge in [0.1, 0.15) is 5.75 Å². The summed E-state index contributed by atoms with van der Waals surface area (Å²) in [4.78, 5) is 3.34. The number of aromatic nitrogens is 4. The van der Waals surface area contributed by atoms with Gasteiger partial charge < -0.3 is 9.72 Å². The van der Waals surface area contributed by atoms with Gasteiger partial charge in [-0.1, -0.05) is 23.3 Å². The summed E-state index contributed by atoms with van der Waals surface area (Å²) in [6.07, 6.45) is 1.86. The standard InChI is InChI=1S/C20H21N5O3S/c1-3-25-19(14(2)24-29(26,27)17-7-5-4-6-8-17)22-23-20(25)28-16-10-9-15-11-12-21-18(15)13-16/h4-14,21,24H,3H2,1-2H3/t14-/m1/s1. The molecule has 0 saturated carbocycles. The lowest BCUT2D eigenvalue weighted by Crippen LogP contribution is -2.28. The highest BCUT2D eigenvalue weighted by molar-refractivity contribution is 7.89. The van der Waals surface area contributed by atoms with Crippen LogP contribution in [0.25, 0.3) is 10.9 Å². The number of aromatic amines is 1. The third-order valence-corrected chi connectivity index (χ3v) is 6.13. The summed E-state index contributed by atoms with van der Waals surface area (Å²) in [6.45, 7) is 4.18. The third-order valence-electron chi connectivity index (χ3n) is 4.57. The summed E-state index contributed by atoms with van der Waals surface area (Å²) < 4.78 is 35.5. The van der Waals surface area contributed by atoms with Crippen LogP contribution in [0.4, 0.5) is 0 Å². The van der Waals surface area contributed by atoms with Gasteiger partial charge in [-0.05, 0) is 49.6 Å². The van der Waals surface area contributed by atoms with Gasteiger partial charge >= 0.3 is 6.01 Å². The number of benzene rings is 2. The van der Waals surface area contributed by atoms with Crippen molar-refractivity contribution in [1.82, 2.24) is 24.5 Å². The molecular formula is C20H21N5O3S. The number of hydrogen-bond acceptors (Lipinski definition) is 5. The average molecular weight is 411 g/mol. The predicted molar refractivity (Wildman–Crippen MR) is 109 cm³/mol. The van der Waals surface area contributed by atoms with E-state index in [0.29, 0.717) is 24.1 Å². The Kier molecular flexibility index (Phi) is 5.08. The minimum absolute atomic E-state index is 0.199. The lowest BCUT2D eigenvalue weighted by Gasteiger charge is -2.15. The highest BCUT2D eigenvalue weighted by Gasteiger charge is 2.24. The number of hydrogen-bond donors (Lipinski definition) is 2. The Morgan fingerprint density at radius 2 is 1.93 bits per heavy atom. The van der Waals surface area contributed by atoms with E-state index in [1.807, 2.05) is 37.4 Å². The van der Waals surface area contributed by atoms with Crippen LogP contribution in [0, 0.1) is 0 Å². The maximum Gasteiger partial charge on any atom is 0.322 e. The number of nitrogens with zero attached hydrogens (tertiary/aromatic N) is 3. The van der Waals surface area contributed by atoms with Crippen molar-refractivity contribution >= 4 is 20.9 Å². The van der Waals surface area contributed by atoms with Gasteiger partial charge in [-0.25, -0.2) is 13.1 Å². The molecule has 2 aromatic heterocycles. The first-order valence-electron chi connectivity index (χ1n) is 9.23. The molecule has 4 aromatic rings. The van der Waals surface area contributed by atoms with Gasteiger partial charge in [-0.2, -0.15) is 0 Å². The predicted octanol–water partition coefficient (Wildman–Crippen LogP) is 3.61. The molecule has 4 rings (SSSR count). The SMILES string of the molecule is CCn1c(Oc2ccc3cc[nH]c3c2)nnc1[C@@H](C)NS(=O)(=O)c1ccccc1. The summed E-state index contributed by atoms with van der Waals surface area (Å²) in [6, 6.07) is 15.6. The molecule has 150 valence electrons. The molecule has 0 aliphatic rings. The fourth-order valence-corrected chi connectivity index (χ4v) is 4.36. The Morgan fingerprint density at radius 1 is 1.14 bits per heavy atom. The lowest BCUT2D eigenvalue weighted by molar-refractivity contribution is 0.408. The molecule has 0 unspecified atom stereocenters. The highest BCUT2D eigenvalue weighted by atomic mass is 32.2. The molecular weight excluding hydrogens is 390 g/mol. The zero-order valence-corrected chi connectivity index (χ0v) is 16.8. The Labute approximate surface area is 168 Å². The summed E-state index contributed by atoms with van der Waals surface area (Å²) >= 11 is 0. The molecule has 0 spiro atoms. The van der Waals surface area contributed by atoms with Crippen molar-refractivity contribution in [2.75, 3.05) is 0 Å². The van der Waals surface area contributed by atoms with Crippen LogP contribution in [-0.4, -0.2) is 28.2 Å². The molecule has 2 aromatic carbocycles. The van der Waals surface area contributed by atoms with Crippen LogP contribution >= 0.6 is 0 Å². The van der Waals surface area contributed by atoms with E-state index in [2.05, 4.69) is 19.9 Å². The Bertz CT molecular complexity index is 1230. The van der Waals surface area contributed by atoms with Crippen LogP contribution in [0.15, 0.2) is 65.7 Å². The van der Waals surface area contributed by atoms with Crippen LogP contribution in [-0.2, 0) is 16.6 Å². The van der Waals surface area contributed by atoms with E-state index >= 15 is 0 Å². The molecule has 0 aliphatic heterocycles. The number of rotatable bonds is 7. The molecule has 0 bridgehead atoms. The number of nitrogens with one attached hydrogen (secondary N) is 2. The normalized spacial score (nSPS) is 12.9. The first-order chi connectivity index (χ1) is 14.0. The van der Waals surface area contributed by atoms with Gasteiger partial charge in [-0.15, -0.1) is 5.10 Å². The van der Waals surface area contributed by atoms with Crippen molar-refractivity contribution in [2.24, 2.45) is 0 Å². The number of ether oxygens (including phenoxy) is 1. The summed E-state index contributed by atoms with van der Waals surface area (Å²) in [5.41, 5.74) is 0.953. The van der Waals surface area contributed by atoms with Crippen molar-refractivity contribution in [3.8, 4) is 11.8 Å². The van der Waals surface area contributed by atoms with Crippen molar-refractivity contribution in [2.45, 2.75) is 31.3 Å². The first kappa shape index (κ1) is 19.2. The van der Waals surface area contributed by atoms with Crippen molar-refractivity contribution in [1.29, 1.82) is 0 Å². The minimum atomic E-state index is -3.68. The van der Waals surface area contributed by atoms with Crippen LogP contribution in [0.1, 0.15) is 25.7 Å². The molecule has 0 amide bonds. The summed E-state index contributed by atoms with van der Waals surface area (Å²) in [5.74, 6) is 1.09. The van der Waals surface area contributed by atoms with Crippen molar-refractivity contribution in [3.05, 3.63) is 66.6 Å². The zero-order chi connectivity index (χ0) is 20.4. The molecule has 0 saturated heterocycles. The summed E-state index contributed by atoms with van der Waals surface area (Å²) in [5, 5.41) is 9.37. The van der Waals surface area contributed by atoms with E-state index < -0.39 is 16.1 Å².